The highest BCUT2D eigenvalue weighted by Crippen LogP contribution is 2.36. The average molecular weight is 261 g/mol. The summed E-state index contributed by atoms with van der Waals surface area (Å²) in [4.78, 5) is 12.0. The summed E-state index contributed by atoms with van der Waals surface area (Å²) in [7, 11) is 0. The van der Waals surface area contributed by atoms with Gasteiger partial charge < -0.3 is 5.32 Å². The molecule has 1 amide bonds. The van der Waals surface area contributed by atoms with Gasteiger partial charge in [-0.15, -0.1) is 11.8 Å². The highest BCUT2D eigenvalue weighted by atomic mass is 32.2. The van der Waals surface area contributed by atoms with Crippen molar-refractivity contribution in [2.24, 2.45) is 0 Å². The van der Waals surface area contributed by atoms with E-state index in [1.165, 1.54) is 17.8 Å². The first-order valence-corrected chi connectivity index (χ1v) is 6.09. The van der Waals surface area contributed by atoms with E-state index in [9.17, 15) is 18.0 Å². The zero-order valence-corrected chi connectivity index (χ0v) is 9.62. The van der Waals surface area contributed by atoms with Gasteiger partial charge in [0.2, 0.25) is 5.91 Å². The van der Waals surface area contributed by atoms with Gasteiger partial charge in [-0.3, -0.25) is 4.79 Å². The molecule has 1 aliphatic rings. The van der Waals surface area contributed by atoms with Gasteiger partial charge in [0.15, 0.2) is 0 Å². The van der Waals surface area contributed by atoms with Crippen LogP contribution in [0.15, 0.2) is 23.1 Å². The van der Waals surface area contributed by atoms with E-state index >= 15 is 0 Å². The molecule has 0 aromatic heterocycles. The fourth-order valence-corrected chi connectivity index (χ4v) is 2.50. The van der Waals surface area contributed by atoms with E-state index in [0.717, 1.165) is 24.3 Å². The second kappa shape index (κ2) is 4.60. The normalized spacial score (nSPS) is 16.8. The van der Waals surface area contributed by atoms with Crippen molar-refractivity contribution in [1.29, 1.82) is 0 Å². The summed E-state index contributed by atoms with van der Waals surface area (Å²) < 4.78 is 37.6. The molecule has 1 heterocycles. The Balaban J connectivity index is 2.38. The number of hydrogen-bond donors (Lipinski definition) is 1. The SMILES string of the molecule is O=C1CCCSc2ccc(C(F)(F)F)cc2N1. The Morgan fingerprint density at radius 1 is 1.29 bits per heavy atom. The Labute approximate surface area is 101 Å². The van der Waals surface area contributed by atoms with Gasteiger partial charge in [-0.05, 0) is 30.4 Å². The Hall–Kier alpha value is -1.17. The molecule has 0 unspecified atom stereocenters. The predicted molar refractivity (Wildman–Crippen MR) is 60.0 cm³/mol. The molecule has 17 heavy (non-hydrogen) atoms. The minimum atomic E-state index is -4.38. The lowest BCUT2D eigenvalue weighted by atomic mass is 10.2. The molecule has 0 radical (unpaired) electrons. The smallest absolute Gasteiger partial charge is 0.325 e. The lowest BCUT2D eigenvalue weighted by Gasteiger charge is -2.16. The molecule has 2 nitrogen and oxygen atoms in total. The molecule has 0 aliphatic carbocycles. The maximum absolute atomic E-state index is 12.5. The first-order chi connectivity index (χ1) is 7.97. The van der Waals surface area contributed by atoms with Gasteiger partial charge >= 0.3 is 6.18 Å². The summed E-state index contributed by atoms with van der Waals surface area (Å²) in [6, 6.07) is 3.44. The van der Waals surface area contributed by atoms with Crippen LogP contribution in [-0.2, 0) is 11.0 Å². The van der Waals surface area contributed by atoms with Crippen LogP contribution in [0, 0.1) is 0 Å². The number of fused-ring (bicyclic) bond motifs is 1. The van der Waals surface area contributed by atoms with E-state index in [0.29, 0.717) is 11.3 Å². The van der Waals surface area contributed by atoms with Gasteiger partial charge in [-0.25, -0.2) is 0 Å². The van der Waals surface area contributed by atoms with Crippen molar-refractivity contribution in [3.05, 3.63) is 23.8 Å². The van der Waals surface area contributed by atoms with Crippen LogP contribution in [0.5, 0.6) is 0 Å². The third kappa shape index (κ3) is 2.94. The third-order valence-corrected chi connectivity index (χ3v) is 3.55. The van der Waals surface area contributed by atoms with Gasteiger partial charge in [0.25, 0.3) is 0 Å². The third-order valence-electron chi connectivity index (χ3n) is 2.39. The van der Waals surface area contributed by atoms with Gasteiger partial charge in [-0.1, -0.05) is 0 Å². The van der Waals surface area contributed by atoms with E-state index < -0.39 is 11.7 Å². The minimum Gasteiger partial charge on any atom is -0.325 e. The molecule has 1 N–H and O–H groups in total. The number of amides is 1. The topological polar surface area (TPSA) is 29.1 Å². The standard InChI is InChI=1S/C11H10F3NOS/c12-11(13,14)7-3-4-9-8(6-7)15-10(16)2-1-5-17-9/h3-4,6H,1-2,5H2,(H,15,16). The molecule has 6 heteroatoms. The van der Waals surface area contributed by atoms with Crippen LogP contribution in [0.1, 0.15) is 18.4 Å². The number of anilines is 1. The van der Waals surface area contributed by atoms with Crippen molar-refractivity contribution in [3.63, 3.8) is 0 Å². The molecule has 0 saturated heterocycles. The van der Waals surface area contributed by atoms with Crippen molar-refractivity contribution in [3.8, 4) is 0 Å². The number of carbonyl (C=O) groups is 1. The second-order valence-corrected chi connectivity index (χ2v) is 4.85. The first-order valence-electron chi connectivity index (χ1n) is 5.11. The van der Waals surface area contributed by atoms with Crippen LogP contribution in [0.2, 0.25) is 0 Å². The lowest BCUT2D eigenvalue weighted by Crippen LogP contribution is -2.15. The largest absolute Gasteiger partial charge is 0.416 e. The number of hydrogen-bond acceptors (Lipinski definition) is 2. The van der Waals surface area contributed by atoms with E-state index in [4.69, 9.17) is 0 Å². The monoisotopic (exact) mass is 261 g/mol. The highest BCUT2D eigenvalue weighted by Gasteiger charge is 2.31. The molecular formula is C11H10F3NOS. The van der Waals surface area contributed by atoms with Crippen LogP contribution in [0.4, 0.5) is 18.9 Å². The maximum Gasteiger partial charge on any atom is 0.416 e. The predicted octanol–water partition coefficient (Wildman–Crippen LogP) is 3.53. The number of carbonyl (C=O) groups excluding carboxylic acids is 1. The molecule has 1 aromatic carbocycles. The maximum atomic E-state index is 12.5. The van der Waals surface area contributed by atoms with Crippen LogP contribution in [0.3, 0.4) is 0 Å². The number of rotatable bonds is 0. The van der Waals surface area contributed by atoms with E-state index in [-0.39, 0.29) is 11.6 Å². The summed E-state index contributed by atoms with van der Waals surface area (Å²) in [5, 5.41) is 2.52. The molecule has 0 saturated carbocycles. The number of benzene rings is 1. The average Bonchev–Trinajstić information content (AvgIpc) is 2.21. The van der Waals surface area contributed by atoms with Crippen LogP contribution in [-0.4, -0.2) is 11.7 Å². The van der Waals surface area contributed by atoms with Gasteiger partial charge in [0.05, 0.1) is 11.3 Å². The fourth-order valence-electron chi connectivity index (χ4n) is 1.56. The molecule has 0 spiro atoms. The summed E-state index contributed by atoms with van der Waals surface area (Å²) >= 11 is 1.46. The van der Waals surface area contributed by atoms with Crippen molar-refractivity contribution in [2.75, 3.05) is 11.1 Å². The molecule has 2 rings (SSSR count). The zero-order valence-electron chi connectivity index (χ0n) is 8.80. The second-order valence-electron chi connectivity index (χ2n) is 3.71. The molecule has 92 valence electrons. The number of alkyl halides is 3. The van der Waals surface area contributed by atoms with Gasteiger partial charge in [0, 0.05) is 11.3 Å². The van der Waals surface area contributed by atoms with Gasteiger partial charge in [0.1, 0.15) is 0 Å². The van der Waals surface area contributed by atoms with Crippen molar-refractivity contribution >= 4 is 23.4 Å². The molecular weight excluding hydrogens is 251 g/mol. The zero-order chi connectivity index (χ0) is 12.5. The Bertz CT molecular complexity index is 445. The number of thioether (sulfide) groups is 1. The summed E-state index contributed by atoms with van der Waals surface area (Å²) in [6.45, 7) is 0. The van der Waals surface area contributed by atoms with Crippen LogP contribution in [0.25, 0.3) is 0 Å². The molecule has 1 aromatic rings. The molecule has 0 atom stereocenters. The Morgan fingerprint density at radius 3 is 2.76 bits per heavy atom. The van der Waals surface area contributed by atoms with Crippen molar-refractivity contribution in [1.82, 2.24) is 0 Å². The van der Waals surface area contributed by atoms with E-state index in [1.54, 1.807) is 0 Å². The van der Waals surface area contributed by atoms with Gasteiger partial charge in [-0.2, -0.15) is 13.2 Å². The van der Waals surface area contributed by atoms with Crippen LogP contribution >= 0.6 is 11.8 Å². The fraction of sp³-hybridized carbons (Fsp3) is 0.364. The minimum absolute atomic E-state index is 0.231. The molecule has 0 bridgehead atoms. The van der Waals surface area contributed by atoms with Crippen molar-refractivity contribution < 1.29 is 18.0 Å². The first kappa shape index (κ1) is 12.3. The summed E-state index contributed by atoms with van der Waals surface area (Å²) in [5.41, 5.74) is -0.479. The lowest BCUT2D eigenvalue weighted by molar-refractivity contribution is -0.137. The Morgan fingerprint density at radius 2 is 2.06 bits per heavy atom. The number of nitrogens with one attached hydrogen (secondary N) is 1. The quantitative estimate of drug-likeness (QED) is 0.774. The summed E-state index contributed by atoms with van der Waals surface area (Å²) in [5.74, 6) is 0.511. The van der Waals surface area contributed by atoms with Crippen LogP contribution < -0.4 is 5.32 Å². The molecule has 1 aliphatic heterocycles. The Kier molecular flexibility index (Phi) is 3.33. The van der Waals surface area contributed by atoms with Crippen molar-refractivity contribution in [2.45, 2.75) is 23.9 Å². The van der Waals surface area contributed by atoms with E-state index in [1.807, 2.05) is 0 Å². The highest BCUT2D eigenvalue weighted by molar-refractivity contribution is 7.99. The summed E-state index contributed by atoms with van der Waals surface area (Å²) in [6.07, 6.45) is -3.30. The van der Waals surface area contributed by atoms with E-state index in [2.05, 4.69) is 5.32 Å². The number of halogens is 3. The molecule has 0 fully saturated rings.